The van der Waals surface area contributed by atoms with Crippen molar-refractivity contribution < 1.29 is 4.79 Å². The maximum atomic E-state index is 12.5. The topological polar surface area (TPSA) is 48.5 Å². The summed E-state index contributed by atoms with van der Waals surface area (Å²) in [6, 6.07) is 15.3. The molecule has 4 rings (SSSR count). The van der Waals surface area contributed by atoms with Gasteiger partial charge in [0.1, 0.15) is 0 Å². The van der Waals surface area contributed by atoms with Crippen molar-refractivity contribution >= 4 is 30.7 Å². The Hall–Kier alpha value is -1.66. The van der Waals surface area contributed by atoms with Crippen LogP contribution in [0.5, 0.6) is 0 Å². The summed E-state index contributed by atoms with van der Waals surface area (Å²) in [5.74, 6) is 1.68. The third-order valence-corrected chi connectivity index (χ3v) is 6.61. The number of hydrogen-bond acceptors (Lipinski definition) is 4. The Morgan fingerprint density at radius 2 is 1.91 bits per heavy atom. The molecule has 2 aliphatic rings. The van der Waals surface area contributed by atoms with E-state index in [0.717, 1.165) is 44.0 Å². The van der Waals surface area contributed by atoms with Crippen molar-refractivity contribution in [2.45, 2.75) is 44.8 Å². The summed E-state index contributed by atoms with van der Waals surface area (Å²) in [5, 5.41) is 3.79. The van der Waals surface area contributed by atoms with E-state index in [-0.39, 0.29) is 30.7 Å². The second kappa shape index (κ2) is 13.1. The molecule has 0 radical (unpaired) electrons. The first kappa shape index (κ1) is 26.6. The van der Waals surface area contributed by atoms with Crippen molar-refractivity contribution in [1.29, 1.82) is 0 Å². The van der Waals surface area contributed by atoms with Gasteiger partial charge in [0.15, 0.2) is 0 Å². The van der Waals surface area contributed by atoms with Crippen LogP contribution in [0.1, 0.15) is 36.8 Å². The fourth-order valence-corrected chi connectivity index (χ4v) is 5.10. The summed E-state index contributed by atoms with van der Waals surface area (Å²) in [5.41, 5.74) is 2.48. The predicted octanol–water partition coefficient (Wildman–Crippen LogP) is 4.16. The number of aromatic nitrogens is 1. The number of nitrogens with one attached hydrogen (secondary N) is 1. The monoisotopic (exact) mass is 478 g/mol. The van der Waals surface area contributed by atoms with Gasteiger partial charge in [-0.25, -0.2) is 0 Å². The molecule has 2 fully saturated rings. The number of carbonyl (C=O) groups excluding carboxylic acids is 1. The van der Waals surface area contributed by atoms with Gasteiger partial charge >= 0.3 is 0 Å². The standard InChI is InChI=1S/C25H34N4O.2ClH/c1-28(16-21-9-6-12-26-14-21)25(30)11-5-10-24-23-13-22(15-27-24)18-29(19-23)17-20-7-3-2-4-8-20;;/h2-4,6-9,12,14,22-24,27H,5,10-11,13,15-19H2,1H3;2*1H/t22-,23-,24+;;/m0../s1. The minimum Gasteiger partial charge on any atom is -0.341 e. The van der Waals surface area contributed by atoms with E-state index in [1.54, 1.807) is 6.20 Å². The van der Waals surface area contributed by atoms with Crippen LogP contribution in [0, 0.1) is 11.8 Å². The highest BCUT2D eigenvalue weighted by molar-refractivity contribution is 5.85. The number of fused-ring (bicyclic) bond motifs is 2. The van der Waals surface area contributed by atoms with Gasteiger partial charge in [-0.15, -0.1) is 24.8 Å². The molecule has 1 N–H and O–H groups in total. The number of likely N-dealkylation sites (tertiary alicyclic amines) is 1. The molecule has 2 saturated heterocycles. The van der Waals surface area contributed by atoms with Gasteiger partial charge in [0.05, 0.1) is 0 Å². The summed E-state index contributed by atoms with van der Waals surface area (Å²) in [4.78, 5) is 21.1. The smallest absolute Gasteiger partial charge is 0.222 e. The van der Waals surface area contributed by atoms with Gasteiger partial charge in [-0.2, -0.15) is 0 Å². The number of rotatable bonds is 8. The third-order valence-electron chi connectivity index (χ3n) is 6.61. The average molecular weight is 479 g/mol. The molecule has 3 atom stereocenters. The fraction of sp³-hybridized carbons (Fsp3) is 0.520. The summed E-state index contributed by atoms with van der Waals surface area (Å²) in [6.07, 6.45) is 7.59. The lowest BCUT2D eigenvalue weighted by atomic mass is 9.79. The van der Waals surface area contributed by atoms with Crippen molar-refractivity contribution in [1.82, 2.24) is 20.1 Å². The fourth-order valence-electron chi connectivity index (χ4n) is 5.10. The number of amides is 1. The lowest BCUT2D eigenvalue weighted by molar-refractivity contribution is -0.130. The molecule has 1 aromatic heterocycles. The summed E-state index contributed by atoms with van der Waals surface area (Å²) in [7, 11) is 1.89. The number of carbonyl (C=O) groups is 1. The number of piperidine rings is 2. The maximum absolute atomic E-state index is 12.5. The second-order valence-corrected chi connectivity index (χ2v) is 9.06. The summed E-state index contributed by atoms with van der Waals surface area (Å²) >= 11 is 0. The number of benzene rings is 1. The highest BCUT2D eigenvalue weighted by Crippen LogP contribution is 2.31. The molecule has 7 heteroatoms. The molecule has 32 heavy (non-hydrogen) atoms. The van der Waals surface area contributed by atoms with Crippen LogP contribution in [0.4, 0.5) is 0 Å². The first-order valence-electron chi connectivity index (χ1n) is 11.3. The third kappa shape index (κ3) is 7.45. The Morgan fingerprint density at radius 1 is 1.12 bits per heavy atom. The molecular formula is C25H36Cl2N4O. The summed E-state index contributed by atoms with van der Waals surface area (Å²) < 4.78 is 0. The maximum Gasteiger partial charge on any atom is 0.222 e. The average Bonchev–Trinajstić information content (AvgIpc) is 2.76. The Kier molecular flexibility index (Phi) is 10.9. The van der Waals surface area contributed by atoms with Gasteiger partial charge < -0.3 is 10.2 Å². The zero-order valence-electron chi connectivity index (χ0n) is 18.9. The quantitative estimate of drug-likeness (QED) is 0.618. The van der Waals surface area contributed by atoms with Gasteiger partial charge in [-0.1, -0.05) is 36.4 Å². The largest absolute Gasteiger partial charge is 0.341 e. The van der Waals surface area contributed by atoms with E-state index in [4.69, 9.17) is 0 Å². The Labute approximate surface area is 204 Å². The minimum absolute atomic E-state index is 0. The zero-order valence-corrected chi connectivity index (χ0v) is 20.5. The molecule has 2 aromatic rings. The first-order chi connectivity index (χ1) is 14.7. The molecule has 1 amide bonds. The molecule has 0 aliphatic carbocycles. The Bertz CT molecular complexity index is 808. The lowest BCUT2D eigenvalue weighted by Crippen LogP contribution is -2.55. The Morgan fingerprint density at radius 3 is 2.66 bits per heavy atom. The molecule has 2 bridgehead atoms. The number of halogens is 2. The van der Waals surface area contributed by atoms with Gasteiger partial charge in [-0.05, 0) is 54.8 Å². The molecular weight excluding hydrogens is 443 g/mol. The minimum atomic E-state index is 0. The SMILES string of the molecule is CN(Cc1cccnc1)C(=O)CCC[C@H]1NC[C@@H]2C[C@H]1CN(Cc1ccccc1)C2.Cl.Cl. The van der Waals surface area contributed by atoms with Crippen LogP contribution >= 0.6 is 24.8 Å². The zero-order chi connectivity index (χ0) is 20.8. The van der Waals surface area contributed by atoms with Gasteiger partial charge in [0.25, 0.3) is 0 Å². The van der Waals surface area contributed by atoms with E-state index in [0.29, 0.717) is 24.9 Å². The van der Waals surface area contributed by atoms with E-state index >= 15 is 0 Å². The van der Waals surface area contributed by atoms with E-state index < -0.39 is 0 Å². The second-order valence-electron chi connectivity index (χ2n) is 9.06. The summed E-state index contributed by atoms with van der Waals surface area (Å²) in [6.45, 7) is 5.16. The molecule has 1 aromatic carbocycles. The van der Waals surface area contributed by atoms with Crippen LogP contribution in [0.25, 0.3) is 0 Å². The molecule has 0 spiro atoms. The number of hydrogen-bond donors (Lipinski definition) is 1. The van der Waals surface area contributed by atoms with Gasteiger partial charge in [0.2, 0.25) is 5.91 Å². The van der Waals surface area contributed by atoms with Gasteiger partial charge in [-0.3, -0.25) is 14.7 Å². The van der Waals surface area contributed by atoms with Crippen molar-refractivity contribution in [3.05, 3.63) is 66.0 Å². The lowest BCUT2D eigenvalue weighted by Gasteiger charge is -2.46. The normalized spacial score (nSPS) is 22.3. The van der Waals surface area contributed by atoms with E-state index in [9.17, 15) is 4.79 Å². The molecule has 2 aliphatic heterocycles. The molecule has 5 nitrogen and oxygen atoms in total. The van der Waals surface area contributed by atoms with Crippen LogP contribution < -0.4 is 5.32 Å². The van der Waals surface area contributed by atoms with Crippen molar-refractivity contribution in [2.75, 3.05) is 26.7 Å². The predicted molar refractivity (Wildman–Crippen MR) is 134 cm³/mol. The van der Waals surface area contributed by atoms with Crippen LogP contribution in [-0.2, 0) is 17.9 Å². The number of pyridine rings is 1. The number of nitrogens with zero attached hydrogens (tertiary/aromatic N) is 3. The van der Waals surface area contributed by atoms with E-state index in [1.165, 1.54) is 18.5 Å². The van der Waals surface area contributed by atoms with Gasteiger partial charge in [0, 0.05) is 58.1 Å². The van der Waals surface area contributed by atoms with E-state index in [2.05, 4.69) is 45.5 Å². The van der Waals surface area contributed by atoms with Crippen LogP contribution in [0.3, 0.4) is 0 Å². The first-order valence-corrected chi connectivity index (χ1v) is 11.3. The van der Waals surface area contributed by atoms with Crippen LogP contribution in [-0.4, -0.2) is 53.4 Å². The molecule has 0 saturated carbocycles. The molecule has 0 unspecified atom stereocenters. The highest BCUT2D eigenvalue weighted by Gasteiger charge is 2.36. The van der Waals surface area contributed by atoms with Crippen molar-refractivity contribution in [3.63, 3.8) is 0 Å². The Balaban J connectivity index is 0.00000181. The highest BCUT2D eigenvalue weighted by atomic mass is 35.5. The molecule has 3 heterocycles. The van der Waals surface area contributed by atoms with Crippen LogP contribution in [0.15, 0.2) is 54.9 Å². The molecule has 176 valence electrons. The van der Waals surface area contributed by atoms with Crippen molar-refractivity contribution in [3.8, 4) is 0 Å². The van der Waals surface area contributed by atoms with E-state index in [1.807, 2.05) is 30.3 Å². The van der Waals surface area contributed by atoms with Crippen LogP contribution in [0.2, 0.25) is 0 Å². The van der Waals surface area contributed by atoms with Crippen molar-refractivity contribution in [2.24, 2.45) is 11.8 Å².